The van der Waals surface area contributed by atoms with E-state index < -0.39 is 0 Å². The number of halogens is 1. The molecule has 1 aliphatic carbocycles. The van der Waals surface area contributed by atoms with E-state index in [1.165, 1.54) is 32.3 Å². The highest BCUT2D eigenvalue weighted by molar-refractivity contribution is 9.10. The molecule has 1 unspecified atom stereocenters. The van der Waals surface area contributed by atoms with Gasteiger partial charge in [0, 0.05) is 10.4 Å². The van der Waals surface area contributed by atoms with Crippen molar-refractivity contribution in [1.29, 1.82) is 0 Å². The minimum atomic E-state index is 0.385. The first kappa shape index (κ1) is 11.7. The Balaban J connectivity index is 2.17. The molecule has 0 nitrogen and oxygen atoms in total. The molecule has 0 heterocycles. The molecule has 2 aromatic rings. The summed E-state index contributed by atoms with van der Waals surface area (Å²) in [6.45, 7) is 4.35. The quantitative estimate of drug-likeness (QED) is 0.677. The molecule has 0 saturated heterocycles. The topological polar surface area (TPSA) is 0 Å². The third kappa shape index (κ3) is 1.83. The van der Waals surface area contributed by atoms with Crippen LogP contribution in [0.4, 0.5) is 0 Å². The molecule has 0 N–H and O–H groups in total. The van der Waals surface area contributed by atoms with Crippen LogP contribution in [0.2, 0.25) is 0 Å². The van der Waals surface area contributed by atoms with Crippen LogP contribution in [0, 0.1) is 13.8 Å². The SMILES string of the molecule is Cc1ccc(C)c(C2C=Cc3cccc(Br)c32)c1. The highest BCUT2D eigenvalue weighted by Crippen LogP contribution is 2.40. The van der Waals surface area contributed by atoms with Crippen molar-refractivity contribution in [3.05, 3.63) is 74.8 Å². The molecule has 1 atom stereocenters. The normalized spacial score (nSPS) is 16.9. The van der Waals surface area contributed by atoms with Crippen molar-refractivity contribution in [3.8, 4) is 0 Å². The van der Waals surface area contributed by atoms with Gasteiger partial charge in [0.25, 0.3) is 0 Å². The highest BCUT2D eigenvalue weighted by Gasteiger charge is 2.22. The van der Waals surface area contributed by atoms with E-state index in [9.17, 15) is 0 Å². The van der Waals surface area contributed by atoms with Crippen LogP contribution in [-0.4, -0.2) is 0 Å². The third-order valence-electron chi connectivity index (χ3n) is 3.64. The maximum absolute atomic E-state index is 3.69. The Morgan fingerprint density at radius 2 is 1.89 bits per heavy atom. The molecule has 0 bridgehead atoms. The molecule has 0 amide bonds. The van der Waals surface area contributed by atoms with Crippen LogP contribution < -0.4 is 0 Å². The minimum absolute atomic E-state index is 0.385. The van der Waals surface area contributed by atoms with Gasteiger partial charge in [0.2, 0.25) is 0 Å². The molecular formula is C17H15Br. The lowest BCUT2D eigenvalue weighted by Crippen LogP contribution is -2.00. The van der Waals surface area contributed by atoms with Crippen LogP contribution in [0.1, 0.15) is 33.7 Å². The summed E-state index contributed by atoms with van der Waals surface area (Å²) in [7, 11) is 0. The summed E-state index contributed by atoms with van der Waals surface area (Å²) >= 11 is 3.69. The standard InChI is InChI=1S/C17H15Br/c1-11-6-7-12(2)15(10-11)14-9-8-13-4-3-5-16(18)17(13)14/h3-10,14H,1-2H3. The van der Waals surface area contributed by atoms with E-state index in [1.54, 1.807) is 0 Å². The zero-order valence-electron chi connectivity index (χ0n) is 10.6. The van der Waals surface area contributed by atoms with E-state index in [-0.39, 0.29) is 0 Å². The van der Waals surface area contributed by atoms with Gasteiger partial charge in [0.05, 0.1) is 0 Å². The van der Waals surface area contributed by atoms with Crippen molar-refractivity contribution < 1.29 is 0 Å². The molecule has 2 aromatic carbocycles. The van der Waals surface area contributed by atoms with Crippen LogP contribution in [0.5, 0.6) is 0 Å². The molecule has 0 radical (unpaired) electrons. The van der Waals surface area contributed by atoms with Gasteiger partial charge in [-0.15, -0.1) is 0 Å². The highest BCUT2D eigenvalue weighted by atomic mass is 79.9. The number of hydrogen-bond acceptors (Lipinski definition) is 0. The van der Waals surface area contributed by atoms with Gasteiger partial charge in [-0.2, -0.15) is 0 Å². The van der Waals surface area contributed by atoms with Gasteiger partial charge in [-0.25, -0.2) is 0 Å². The Morgan fingerprint density at radius 1 is 1.06 bits per heavy atom. The summed E-state index contributed by atoms with van der Waals surface area (Å²) in [5.41, 5.74) is 6.82. The molecule has 3 rings (SSSR count). The second-order valence-electron chi connectivity index (χ2n) is 4.94. The Bertz CT molecular complexity index is 638. The second-order valence-corrected chi connectivity index (χ2v) is 5.79. The fraction of sp³-hybridized carbons (Fsp3) is 0.176. The van der Waals surface area contributed by atoms with Crippen molar-refractivity contribution in [2.45, 2.75) is 19.8 Å². The van der Waals surface area contributed by atoms with Crippen molar-refractivity contribution in [2.75, 3.05) is 0 Å². The number of rotatable bonds is 1. The predicted molar refractivity (Wildman–Crippen MR) is 80.9 cm³/mol. The van der Waals surface area contributed by atoms with E-state index in [2.05, 4.69) is 78.3 Å². The Labute approximate surface area is 116 Å². The Kier molecular flexibility index (Phi) is 2.87. The van der Waals surface area contributed by atoms with E-state index in [1.807, 2.05) is 0 Å². The predicted octanol–water partition coefficient (Wildman–Crippen LogP) is 5.22. The lowest BCUT2D eigenvalue weighted by Gasteiger charge is -2.16. The van der Waals surface area contributed by atoms with Crippen LogP contribution in [0.15, 0.2) is 46.9 Å². The molecule has 0 saturated carbocycles. The lowest BCUT2D eigenvalue weighted by molar-refractivity contribution is 1.02. The molecule has 18 heavy (non-hydrogen) atoms. The van der Waals surface area contributed by atoms with Gasteiger partial charge < -0.3 is 0 Å². The fourth-order valence-electron chi connectivity index (χ4n) is 2.68. The third-order valence-corrected chi connectivity index (χ3v) is 4.33. The number of benzene rings is 2. The minimum Gasteiger partial charge on any atom is -0.0720 e. The average molecular weight is 299 g/mol. The average Bonchev–Trinajstić information content (AvgIpc) is 2.77. The van der Waals surface area contributed by atoms with Gasteiger partial charge in [0.15, 0.2) is 0 Å². The van der Waals surface area contributed by atoms with Crippen molar-refractivity contribution in [2.24, 2.45) is 0 Å². The van der Waals surface area contributed by atoms with E-state index >= 15 is 0 Å². The maximum atomic E-state index is 3.69. The number of aryl methyl sites for hydroxylation is 2. The first-order valence-corrected chi connectivity index (χ1v) is 7.00. The number of hydrogen-bond donors (Lipinski definition) is 0. The van der Waals surface area contributed by atoms with Gasteiger partial charge >= 0.3 is 0 Å². The summed E-state index contributed by atoms with van der Waals surface area (Å²) in [4.78, 5) is 0. The van der Waals surface area contributed by atoms with Crippen LogP contribution in [0.3, 0.4) is 0 Å². The molecule has 1 heteroatoms. The zero-order valence-corrected chi connectivity index (χ0v) is 12.2. The molecule has 0 aromatic heterocycles. The van der Waals surface area contributed by atoms with Crippen molar-refractivity contribution in [3.63, 3.8) is 0 Å². The van der Waals surface area contributed by atoms with Gasteiger partial charge in [-0.05, 0) is 42.2 Å². The zero-order chi connectivity index (χ0) is 12.7. The molecule has 0 spiro atoms. The summed E-state index contributed by atoms with van der Waals surface area (Å²) in [5.74, 6) is 0.385. The summed E-state index contributed by atoms with van der Waals surface area (Å²) < 4.78 is 1.20. The van der Waals surface area contributed by atoms with Gasteiger partial charge in [-0.3, -0.25) is 0 Å². The fourth-order valence-corrected chi connectivity index (χ4v) is 3.31. The summed E-state index contributed by atoms with van der Waals surface area (Å²) in [6, 6.07) is 13.1. The largest absolute Gasteiger partial charge is 0.0720 e. The first-order chi connectivity index (χ1) is 8.66. The monoisotopic (exact) mass is 298 g/mol. The van der Waals surface area contributed by atoms with Crippen LogP contribution >= 0.6 is 15.9 Å². The van der Waals surface area contributed by atoms with Crippen molar-refractivity contribution >= 4 is 22.0 Å². The van der Waals surface area contributed by atoms with Crippen LogP contribution in [0.25, 0.3) is 6.08 Å². The van der Waals surface area contributed by atoms with E-state index in [0.717, 1.165) is 0 Å². The summed E-state index contributed by atoms with van der Waals surface area (Å²) in [6.07, 6.45) is 4.53. The van der Waals surface area contributed by atoms with Crippen molar-refractivity contribution in [1.82, 2.24) is 0 Å². The van der Waals surface area contributed by atoms with E-state index in [4.69, 9.17) is 0 Å². The summed E-state index contributed by atoms with van der Waals surface area (Å²) in [5, 5.41) is 0. The molecule has 0 fully saturated rings. The second kappa shape index (κ2) is 4.40. The smallest absolute Gasteiger partial charge is 0.0292 e. The first-order valence-electron chi connectivity index (χ1n) is 6.20. The Hall–Kier alpha value is -1.34. The molecule has 1 aliphatic rings. The molecule has 90 valence electrons. The van der Waals surface area contributed by atoms with Gasteiger partial charge in [0.1, 0.15) is 0 Å². The maximum Gasteiger partial charge on any atom is 0.0292 e. The lowest BCUT2D eigenvalue weighted by atomic mass is 9.89. The molecular weight excluding hydrogens is 284 g/mol. The van der Waals surface area contributed by atoms with E-state index in [0.29, 0.717) is 5.92 Å². The Morgan fingerprint density at radius 3 is 2.72 bits per heavy atom. The number of allylic oxidation sites excluding steroid dienone is 1. The number of fused-ring (bicyclic) bond motifs is 1. The molecule has 0 aliphatic heterocycles. The van der Waals surface area contributed by atoms with Crippen LogP contribution in [-0.2, 0) is 0 Å². The van der Waals surface area contributed by atoms with Gasteiger partial charge in [-0.1, -0.05) is 64.0 Å².